The molecule has 2 aliphatic rings. The third kappa shape index (κ3) is 7.39. The van der Waals surface area contributed by atoms with Crippen LogP contribution in [0.1, 0.15) is 77.6 Å². The normalized spacial score (nSPS) is 17.1. The molecular weight excluding hydrogens is 514 g/mol. The Balaban J connectivity index is 1.49. The maximum atomic E-state index is 13.7. The van der Waals surface area contributed by atoms with E-state index in [1.165, 1.54) is 0 Å². The second kappa shape index (κ2) is 10.9. The quantitative estimate of drug-likeness (QED) is 0.513. The van der Waals surface area contributed by atoms with E-state index < -0.39 is 21.2 Å². The van der Waals surface area contributed by atoms with Crippen molar-refractivity contribution in [1.82, 2.24) is 14.5 Å². The molecule has 0 bridgehead atoms. The van der Waals surface area contributed by atoms with Gasteiger partial charge < -0.3 is 14.5 Å². The van der Waals surface area contributed by atoms with Crippen molar-refractivity contribution in [2.24, 2.45) is 0 Å². The number of carbonyl (C=O) groups excluding carboxylic acids is 2. The largest absolute Gasteiger partial charge is 0.444 e. The number of nitrogens with zero attached hydrogens (tertiary/aromatic N) is 2. The minimum absolute atomic E-state index is 0.0185. The van der Waals surface area contributed by atoms with E-state index >= 15 is 0 Å². The van der Waals surface area contributed by atoms with Crippen LogP contribution in [0.3, 0.4) is 0 Å². The summed E-state index contributed by atoms with van der Waals surface area (Å²) in [6.07, 6.45) is 3.10. The summed E-state index contributed by atoms with van der Waals surface area (Å²) >= 11 is 0. The molecule has 0 unspecified atom stereocenters. The van der Waals surface area contributed by atoms with Crippen molar-refractivity contribution in [3.05, 3.63) is 54.1 Å². The van der Waals surface area contributed by atoms with Crippen molar-refractivity contribution in [2.75, 3.05) is 13.1 Å². The average molecular weight is 556 g/mol. The fraction of sp³-hybridized carbons (Fsp3) is 0.533. The van der Waals surface area contributed by atoms with Crippen LogP contribution in [0, 0.1) is 0 Å². The number of hydrogen-bond donors (Lipinski definition) is 1. The predicted octanol–water partition coefficient (Wildman–Crippen LogP) is 5.43. The van der Waals surface area contributed by atoms with Crippen LogP contribution in [-0.4, -0.2) is 66.5 Å². The number of amides is 2. The first kappa shape index (κ1) is 29.1. The molecule has 0 aromatic heterocycles. The van der Waals surface area contributed by atoms with Gasteiger partial charge in [0.1, 0.15) is 5.60 Å². The van der Waals surface area contributed by atoms with Gasteiger partial charge in [-0.15, -0.1) is 0 Å². The molecular formula is C30H41N3O5S. The summed E-state index contributed by atoms with van der Waals surface area (Å²) in [6.45, 7) is 12.1. The molecule has 1 heterocycles. The monoisotopic (exact) mass is 555 g/mol. The number of sulfonamides is 1. The zero-order valence-electron chi connectivity index (χ0n) is 23.9. The molecule has 0 spiro atoms. The highest BCUT2D eigenvalue weighted by Gasteiger charge is 2.40. The van der Waals surface area contributed by atoms with Crippen molar-refractivity contribution in [3.8, 4) is 11.1 Å². The van der Waals surface area contributed by atoms with Gasteiger partial charge in [-0.25, -0.2) is 17.9 Å². The van der Waals surface area contributed by atoms with Gasteiger partial charge in [0, 0.05) is 41.8 Å². The standard InChI is InChI=1S/C30H41N3O5S/c1-29(2,3)31-39(36,37)26-10-8-7-9-25(26)21-11-13-22(14-12-21)27(34)33(23-15-16-23)24-17-19-32(20-18-24)28(35)38-30(4,5)6/h7-14,23-24,31H,15-20H2,1-6H3. The van der Waals surface area contributed by atoms with Gasteiger partial charge in [0.15, 0.2) is 0 Å². The number of benzene rings is 2. The predicted molar refractivity (Wildman–Crippen MR) is 152 cm³/mol. The zero-order valence-corrected chi connectivity index (χ0v) is 24.7. The first-order valence-electron chi connectivity index (χ1n) is 13.7. The van der Waals surface area contributed by atoms with Crippen molar-refractivity contribution in [1.29, 1.82) is 0 Å². The first-order valence-corrected chi connectivity index (χ1v) is 15.2. The van der Waals surface area contributed by atoms with Gasteiger partial charge in [0.05, 0.1) is 4.90 Å². The lowest BCUT2D eigenvalue weighted by Gasteiger charge is -2.39. The Morgan fingerprint density at radius 2 is 1.44 bits per heavy atom. The molecule has 0 radical (unpaired) electrons. The van der Waals surface area contributed by atoms with Crippen LogP contribution < -0.4 is 4.72 Å². The van der Waals surface area contributed by atoms with Gasteiger partial charge in [-0.05, 0) is 91.0 Å². The third-order valence-corrected chi connectivity index (χ3v) is 8.56. The fourth-order valence-corrected chi connectivity index (χ4v) is 6.62. The first-order chi connectivity index (χ1) is 18.1. The second-order valence-electron chi connectivity index (χ2n) is 12.6. The minimum atomic E-state index is -3.74. The molecule has 1 aliphatic heterocycles. The minimum Gasteiger partial charge on any atom is -0.444 e. The van der Waals surface area contributed by atoms with E-state index in [4.69, 9.17) is 4.74 Å². The molecule has 0 atom stereocenters. The number of ether oxygens (including phenoxy) is 1. The lowest BCUT2D eigenvalue weighted by molar-refractivity contribution is 0.0142. The highest BCUT2D eigenvalue weighted by atomic mass is 32.2. The Hall–Kier alpha value is -2.91. The number of carbonyl (C=O) groups is 2. The van der Waals surface area contributed by atoms with Crippen LogP contribution in [0.25, 0.3) is 11.1 Å². The molecule has 1 aliphatic carbocycles. The van der Waals surface area contributed by atoms with Crippen molar-refractivity contribution < 1.29 is 22.7 Å². The lowest BCUT2D eigenvalue weighted by Crippen LogP contribution is -2.50. The molecule has 2 aromatic carbocycles. The molecule has 9 heteroatoms. The van der Waals surface area contributed by atoms with Crippen LogP contribution in [0.4, 0.5) is 4.79 Å². The van der Waals surface area contributed by atoms with E-state index in [1.54, 1.807) is 56.0 Å². The van der Waals surface area contributed by atoms with E-state index in [2.05, 4.69) is 4.72 Å². The van der Waals surface area contributed by atoms with Crippen LogP contribution >= 0.6 is 0 Å². The van der Waals surface area contributed by atoms with Crippen molar-refractivity contribution in [2.45, 2.75) is 95.3 Å². The molecule has 39 heavy (non-hydrogen) atoms. The Kier molecular flexibility index (Phi) is 8.15. The number of nitrogens with one attached hydrogen (secondary N) is 1. The van der Waals surface area contributed by atoms with Crippen LogP contribution in [0.15, 0.2) is 53.4 Å². The highest BCUT2D eigenvalue weighted by molar-refractivity contribution is 7.89. The van der Waals surface area contributed by atoms with Gasteiger partial charge in [-0.3, -0.25) is 4.79 Å². The van der Waals surface area contributed by atoms with E-state index in [1.807, 2.05) is 43.9 Å². The molecule has 2 amide bonds. The molecule has 1 N–H and O–H groups in total. The fourth-order valence-electron chi connectivity index (χ4n) is 4.97. The lowest BCUT2D eigenvalue weighted by atomic mass is 10.00. The molecule has 8 nitrogen and oxygen atoms in total. The Morgan fingerprint density at radius 1 is 0.872 bits per heavy atom. The van der Waals surface area contributed by atoms with Crippen molar-refractivity contribution in [3.63, 3.8) is 0 Å². The van der Waals surface area contributed by atoms with E-state index in [-0.39, 0.29) is 29.0 Å². The molecule has 1 saturated heterocycles. The van der Waals surface area contributed by atoms with E-state index in [9.17, 15) is 18.0 Å². The van der Waals surface area contributed by atoms with Crippen molar-refractivity contribution >= 4 is 22.0 Å². The van der Waals surface area contributed by atoms with Gasteiger partial charge in [-0.1, -0.05) is 30.3 Å². The van der Waals surface area contributed by atoms with Gasteiger partial charge in [0.2, 0.25) is 10.0 Å². The van der Waals surface area contributed by atoms with Crippen LogP contribution in [0.5, 0.6) is 0 Å². The molecule has 2 fully saturated rings. The Morgan fingerprint density at radius 3 is 1.97 bits per heavy atom. The summed E-state index contributed by atoms with van der Waals surface area (Å²) in [6, 6.07) is 14.4. The average Bonchev–Trinajstić information content (AvgIpc) is 3.67. The van der Waals surface area contributed by atoms with E-state index in [0.717, 1.165) is 18.4 Å². The number of hydrogen-bond acceptors (Lipinski definition) is 5. The highest BCUT2D eigenvalue weighted by Crippen LogP contribution is 2.34. The van der Waals surface area contributed by atoms with E-state index in [0.29, 0.717) is 37.1 Å². The number of piperidine rings is 1. The van der Waals surface area contributed by atoms with Gasteiger partial charge >= 0.3 is 6.09 Å². The molecule has 2 aromatic rings. The summed E-state index contributed by atoms with van der Waals surface area (Å²) in [7, 11) is -3.74. The molecule has 1 saturated carbocycles. The summed E-state index contributed by atoms with van der Waals surface area (Å²) < 4.78 is 34.4. The maximum absolute atomic E-state index is 13.7. The summed E-state index contributed by atoms with van der Waals surface area (Å²) in [4.78, 5) is 30.1. The summed E-state index contributed by atoms with van der Waals surface area (Å²) in [5.74, 6) is -0.0185. The summed E-state index contributed by atoms with van der Waals surface area (Å²) in [5, 5.41) is 0. The van der Waals surface area contributed by atoms with Gasteiger partial charge in [-0.2, -0.15) is 0 Å². The smallest absolute Gasteiger partial charge is 0.410 e. The van der Waals surface area contributed by atoms with Crippen LogP contribution in [0.2, 0.25) is 0 Å². The SMILES string of the molecule is CC(C)(C)NS(=O)(=O)c1ccccc1-c1ccc(C(=O)N(C2CC2)C2CCN(C(=O)OC(C)(C)C)CC2)cc1. The Labute approximate surface area is 232 Å². The van der Waals surface area contributed by atoms with Gasteiger partial charge in [0.25, 0.3) is 5.91 Å². The molecule has 212 valence electrons. The summed E-state index contributed by atoms with van der Waals surface area (Å²) in [5.41, 5.74) is 0.738. The number of rotatable bonds is 6. The molecule has 4 rings (SSSR count). The zero-order chi connectivity index (χ0) is 28.6. The number of likely N-dealkylation sites (tertiary alicyclic amines) is 1. The third-order valence-electron chi connectivity index (χ3n) is 6.74. The second-order valence-corrected chi connectivity index (χ2v) is 14.2. The maximum Gasteiger partial charge on any atom is 0.410 e. The van der Waals surface area contributed by atoms with Crippen LogP contribution in [-0.2, 0) is 14.8 Å². The topological polar surface area (TPSA) is 96.0 Å². The Bertz CT molecular complexity index is 1300.